The molecule has 19 heavy (non-hydrogen) atoms. The summed E-state index contributed by atoms with van der Waals surface area (Å²) in [5, 5.41) is 14.0. The predicted octanol–water partition coefficient (Wildman–Crippen LogP) is 2.75. The lowest BCUT2D eigenvalue weighted by Gasteiger charge is -2.24. The molecule has 1 aromatic rings. The van der Waals surface area contributed by atoms with Crippen molar-refractivity contribution in [2.24, 2.45) is 0 Å². The Kier molecular flexibility index (Phi) is 4.58. The highest BCUT2D eigenvalue weighted by atomic mass is 16.5. The smallest absolute Gasteiger partial charge is 0.232 e. The van der Waals surface area contributed by atoms with Gasteiger partial charge in [-0.3, -0.25) is 0 Å². The summed E-state index contributed by atoms with van der Waals surface area (Å²) >= 11 is 0. The van der Waals surface area contributed by atoms with Crippen LogP contribution >= 0.6 is 0 Å². The number of aliphatic hydroxyl groups excluding tert-OH is 1. The average molecular weight is 268 g/mol. The van der Waals surface area contributed by atoms with E-state index in [1.807, 2.05) is 20.8 Å². The fourth-order valence-corrected chi connectivity index (χ4v) is 2.78. The van der Waals surface area contributed by atoms with E-state index in [4.69, 9.17) is 9.26 Å². The van der Waals surface area contributed by atoms with Crippen LogP contribution in [0.4, 0.5) is 0 Å². The van der Waals surface area contributed by atoms with Crippen LogP contribution in [-0.4, -0.2) is 28.0 Å². The topological polar surface area (TPSA) is 68.4 Å². The lowest BCUT2D eigenvalue weighted by Crippen LogP contribution is -2.28. The Morgan fingerprint density at radius 2 is 2.05 bits per heavy atom. The van der Waals surface area contributed by atoms with E-state index >= 15 is 0 Å². The van der Waals surface area contributed by atoms with E-state index in [1.165, 1.54) is 0 Å². The number of aliphatic hydroxyl groups is 1. The normalized spacial score (nSPS) is 21.5. The van der Waals surface area contributed by atoms with Crippen molar-refractivity contribution in [2.75, 3.05) is 6.61 Å². The molecule has 1 saturated carbocycles. The van der Waals surface area contributed by atoms with Crippen molar-refractivity contribution in [1.82, 2.24) is 10.1 Å². The van der Waals surface area contributed by atoms with Crippen LogP contribution in [0.25, 0.3) is 0 Å². The summed E-state index contributed by atoms with van der Waals surface area (Å²) in [6, 6.07) is 0. The number of ether oxygens (including phenoxy) is 1. The van der Waals surface area contributed by atoms with E-state index in [0.717, 1.165) is 25.7 Å². The SMILES string of the molecule is CCOC1(c2noc(C(C)C(O)CC)n2)CCCC1. The first-order valence-corrected chi connectivity index (χ1v) is 7.29. The van der Waals surface area contributed by atoms with Crippen molar-refractivity contribution in [2.45, 2.75) is 70.5 Å². The van der Waals surface area contributed by atoms with Crippen molar-refractivity contribution >= 4 is 0 Å². The zero-order valence-electron chi connectivity index (χ0n) is 12.1. The van der Waals surface area contributed by atoms with E-state index < -0.39 is 6.10 Å². The molecule has 0 spiro atoms. The highest BCUT2D eigenvalue weighted by Crippen LogP contribution is 2.41. The van der Waals surface area contributed by atoms with Crippen LogP contribution < -0.4 is 0 Å². The van der Waals surface area contributed by atoms with E-state index in [1.54, 1.807) is 0 Å². The molecule has 0 amide bonds. The monoisotopic (exact) mass is 268 g/mol. The van der Waals surface area contributed by atoms with Gasteiger partial charge in [0.05, 0.1) is 12.0 Å². The number of nitrogens with zero attached hydrogens (tertiary/aromatic N) is 2. The third kappa shape index (κ3) is 2.82. The van der Waals surface area contributed by atoms with E-state index in [9.17, 15) is 5.11 Å². The van der Waals surface area contributed by atoms with Gasteiger partial charge in [-0.15, -0.1) is 0 Å². The molecule has 5 nitrogen and oxygen atoms in total. The van der Waals surface area contributed by atoms with Gasteiger partial charge in [0.2, 0.25) is 11.7 Å². The molecule has 1 aliphatic carbocycles. The van der Waals surface area contributed by atoms with Gasteiger partial charge in [-0.1, -0.05) is 19.0 Å². The molecule has 2 unspecified atom stereocenters. The number of hydrogen-bond donors (Lipinski definition) is 1. The summed E-state index contributed by atoms with van der Waals surface area (Å²) in [7, 11) is 0. The first-order valence-electron chi connectivity index (χ1n) is 7.29. The van der Waals surface area contributed by atoms with Crippen molar-refractivity contribution in [1.29, 1.82) is 0 Å². The van der Waals surface area contributed by atoms with Gasteiger partial charge in [0.1, 0.15) is 5.60 Å². The molecule has 1 N–H and O–H groups in total. The highest BCUT2D eigenvalue weighted by molar-refractivity contribution is 5.06. The maximum absolute atomic E-state index is 9.86. The van der Waals surface area contributed by atoms with Crippen LogP contribution in [0, 0.1) is 0 Å². The van der Waals surface area contributed by atoms with Crippen LogP contribution in [0.5, 0.6) is 0 Å². The average Bonchev–Trinajstić information content (AvgIpc) is 3.06. The summed E-state index contributed by atoms with van der Waals surface area (Å²) in [5.41, 5.74) is -0.368. The van der Waals surface area contributed by atoms with Gasteiger partial charge in [0.15, 0.2) is 0 Å². The summed E-state index contributed by atoms with van der Waals surface area (Å²) < 4.78 is 11.2. The van der Waals surface area contributed by atoms with Gasteiger partial charge in [-0.25, -0.2) is 0 Å². The van der Waals surface area contributed by atoms with Crippen LogP contribution in [-0.2, 0) is 10.3 Å². The molecule has 0 saturated heterocycles. The maximum Gasteiger partial charge on any atom is 0.232 e. The predicted molar refractivity (Wildman–Crippen MR) is 70.8 cm³/mol. The minimum absolute atomic E-state index is 0.133. The standard InChI is InChI=1S/C14H24N2O3/c1-4-11(17)10(3)12-15-13(16-19-12)14(18-5-2)8-6-7-9-14/h10-11,17H,4-9H2,1-3H3. The zero-order chi connectivity index (χ0) is 13.9. The van der Waals surface area contributed by atoms with Crippen molar-refractivity contribution in [3.05, 3.63) is 11.7 Å². The van der Waals surface area contributed by atoms with E-state index in [2.05, 4.69) is 10.1 Å². The number of hydrogen-bond acceptors (Lipinski definition) is 5. The minimum Gasteiger partial charge on any atom is -0.392 e. The van der Waals surface area contributed by atoms with Crippen molar-refractivity contribution in [3.8, 4) is 0 Å². The number of rotatable bonds is 6. The molecule has 5 heteroatoms. The Morgan fingerprint density at radius 3 is 2.63 bits per heavy atom. The first-order chi connectivity index (χ1) is 9.13. The Balaban J connectivity index is 2.19. The summed E-state index contributed by atoms with van der Waals surface area (Å²) in [6.07, 6.45) is 4.40. The fourth-order valence-electron chi connectivity index (χ4n) is 2.78. The molecule has 1 aromatic heterocycles. The Morgan fingerprint density at radius 1 is 1.37 bits per heavy atom. The molecule has 0 aliphatic heterocycles. The number of aromatic nitrogens is 2. The van der Waals surface area contributed by atoms with Gasteiger partial charge in [0.25, 0.3) is 0 Å². The van der Waals surface area contributed by atoms with Crippen molar-refractivity contribution < 1.29 is 14.4 Å². The van der Waals surface area contributed by atoms with Gasteiger partial charge >= 0.3 is 0 Å². The molecular formula is C14H24N2O3. The molecule has 2 atom stereocenters. The summed E-state index contributed by atoms with van der Waals surface area (Å²) in [6.45, 7) is 6.49. The van der Waals surface area contributed by atoms with Gasteiger partial charge in [-0.05, 0) is 39.0 Å². The second kappa shape index (κ2) is 6.01. The molecule has 108 valence electrons. The van der Waals surface area contributed by atoms with Gasteiger partial charge in [-0.2, -0.15) is 4.98 Å². The maximum atomic E-state index is 9.86. The second-order valence-electron chi connectivity index (χ2n) is 5.35. The molecule has 0 bridgehead atoms. The lowest BCUT2D eigenvalue weighted by atomic mass is 10.0. The third-order valence-corrected chi connectivity index (χ3v) is 4.07. The quantitative estimate of drug-likeness (QED) is 0.859. The second-order valence-corrected chi connectivity index (χ2v) is 5.35. The molecule has 0 radical (unpaired) electrons. The van der Waals surface area contributed by atoms with Crippen molar-refractivity contribution in [3.63, 3.8) is 0 Å². The van der Waals surface area contributed by atoms with Gasteiger partial charge in [0, 0.05) is 6.61 Å². The van der Waals surface area contributed by atoms with E-state index in [0.29, 0.717) is 24.7 Å². The van der Waals surface area contributed by atoms with Crippen LogP contribution in [0.3, 0.4) is 0 Å². The van der Waals surface area contributed by atoms with Crippen LogP contribution in [0.15, 0.2) is 4.52 Å². The zero-order valence-corrected chi connectivity index (χ0v) is 12.1. The van der Waals surface area contributed by atoms with Crippen LogP contribution in [0.2, 0.25) is 0 Å². The summed E-state index contributed by atoms with van der Waals surface area (Å²) in [5.74, 6) is 1.03. The van der Waals surface area contributed by atoms with Crippen LogP contribution in [0.1, 0.15) is 70.5 Å². The molecular weight excluding hydrogens is 244 g/mol. The summed E-state index contributed by atoms with van der Waals surface area (Å²) in [4.78, 5) is 4.49. The molecule has 0 aromatic carbocycles. The Hall–Kier alpha value is -0.940. The Bertz CT molecular complexity index is 399. The molecule has 2 rings (SSSR count). The van der Waals surface area contributed by atoms with E-state index in [-0.39, 0.29) is 11.5 Å². The lowest BCUT2D eigenvalue weighted by molar-refractivity contribution is -0.0469. The molecule has 1 fully saturated rings. The van der Waals surface area contributed by atoms with Gasteiger partial charge < -0.3 is 14.4 Å². The molecule has 1 aliphatic rings. The molecule has 1 heterocycles. The fraction of sp³-hybridized carbons (Fsp3) is 0.857. The Labute approximate surface area is 114 Å². The first kappa shape index (κ1) is 14.5. The largest absolute Gasteiger partial charge is 0.392 e. The minimum atomic E-state index is -0.445. The third-order valence-electron chi connectivity index (χ3n) is 4.07. The highest BCUT2D eigenvalue weighted by Gasteiger charge is 2.41.